The second-order valence-electron chi connectivity index (χ2n) is 6.64. The summed E-state index contributed by atoms with van der Waals surface area (Å²) in [4.78, 5) is 27.9. The molecule has 0 fully saturated rings. The van der Waals surface area contributed by atoms with Crippen molar-refractivity contribution in [3.05, 3.63) is 63.7 Å². The number of aliphatic imine (C=N–C) groups is 1. The molecule has 0 spiro atoms. The minimum atomic E-state index is -0.735. The molecule has 0 bridgehead atoms. The van der Waals surface area contributed by atoms with Crippen LogP contribution in [0.3, 0.4) is 0 Å². The molecule has 1 unspecified atom stereocenters. The van der Waals surface area contributed by atoms with E-state index in [1.165, 1.54) is 24.9 Å². The zero-order valence-electron chi connectivity index (χ0n) is 19.0. The fourth-order valence-corrected chi connectivity index (χ4v) is 3.95. The predicted molar refractivity (Wildman–Crippen MR) is 131 cm³/mol. The van der Waals surface area contributed by atoms with Crippen LogP contribution in [-0.2, 0) is 23.8 Å². The van der Waals surface area contributed by atoms with E-state index in [4.69, 9.17) is 31.1 Å². The maximum absolute atomic E-state index is 13.1. The molecule has 180 valence electrons. The van der Waals surface area contributed by atoms with Crippen LogP contribution in [0.4, 0.5) is 0 Å². The molecule has 9 nitrogen and oxygen atoms in total. The molecule has 1 atom stereocenters. The van der Waals surface area contributed by atoms with Crippen molar-refractivity contribution in [2.24, 2.45) is 4.99 Å². The topological polar surface area (TPSA) is 122 Å². The van der Waals surface area contributed by atoms with Gasteiger partial charge in [0.05, 0.1) is 49.8 Å². The van der Waals surface area contributed by atoms with Gasteiger partial charge in [-0.25, -0.2) is 9.59 Å². The number of dihydropyridines is 1. The Bertz CT molecular complexity index is 1070. The van der Waals surface area contributed by atoms with Gasteiger partial charge in [-0.1, -0.05) is 41.6 Å². The zero-order valence-corrected chi connectivity index (χ0v) is 20.6. The van der Waals surface area contributed by atoms with E-state index in [0.29, 0.717) is 39.5 Å². The van der Waals surface area contributed by atoms with Gasteiger partial charge in [-0.15, -0.1) is 4.99 Å². The van der Waals surface area contributed by atoms with Gasteiger partial charge in [0.1, 0.15) is 11.7 Å². The Hall–Kier alpha value is -3.22. The largest absolute Gasteiger partial charge is 0.498 e. The van der Waals surface area contributed by atoms with E-state index in [1.54, 1.807) is 49.6 Å². The Kier molecular flexibility index (Phi) is 11.2. The third kappa shape index (κ3) is 6.89. The summed E-state index contributed by atoms with van der Waals surface area (Å²) in [7, 11) is 1.45. The molecule has 1 heterocycles. The third-order valence-electron chi connectivity index (χ3n) is 4.68. The summed E-state index contributed by atoms with van der Waals surface area (Å²) in [5.41, 5.74) is 1.61. The van der Waals surface area contributed by atoms with Gasteiger partial charge in [-0.3, -0.25) is 0 Å². The van der Waals surface area contributed by atoms with Crippen LogP contribution in [0.25, 0.3) is 0 Å². The lowest BCUT2D eigenvalue weighted by Crippen LogP contribution is -2.33. The summed E-state index contributed by atoms with van der Waals surface area (Å²) in [5, 5.41) is 15.6. The van der Waals surface area contributed by atoms with E-state index in [1.807, 2.05) is 0 Å². The molecule has 2 N–H and O–H groups in total. The summed E-state index contributed by atoms with van der Waals surface area (Å²) in [5.74, 6) is 0.768. The van der Waals surface area contributed by atoms with Gasteiger partial charge in [-0.2, -0.15) is 5.26 Å². The molecule has 2 rings (SSSR count). The number of nitrogens with one attached hydrogen (secondary N) is 2. The van der Waals surface area contributed by atoms with Crippen molar-refractivity contribution in [1.29, 1.82) is 5.26 Å². The highest BCUT2D eigenvalue weighted by Gasteiger charge is 2.37. The predicted octanol–water partition coefficient (Wildman–Crippen LogP) is 2.90. The Morgan fingerprint density at radius 2 is 2.18 bits per heavy atom. The molecular weight excluding hydrogens is 480 g/mol. The first-order valence-corrected chi connectivity index (χ1v) is 11.9. The second kappa shape index (κ2) is 14.1. The zero-order chi connectivity index (χ0) is 24.9. The van der Waals surface area contributed by atoms with Gasteiger partial charge in [0.15, 0.2) is 5.17 Å². The van der Waals surface area contributed by atoms with E-state index in [9.17, 15) is 9.59 Å². The van der Waals surface area contributed by atoms with Crippen molar-refractivity contribution in [3.63, 3.8) is 0 Å². The van der Waals surface area contributed by atoms with Gasteiger partial charge in [-0.05, 0) is 24.8 Å². The number of hydrogen-bond acceptors (Lipinski definition) is 9. The maximum Gasteiger partial charge on any atom is 0.336 e. The summed E-state index contributed by atoms with van der Waals surface area (Å²) < 4.78 is 16.7. The van der Waals surface area contributed by atoms with Crippen LogP contribution in [0.5, 0.6) is 0 Å². The van der Waals surface area contributed by atoms with Crippen LogP contribution in [-0.4, -0.2) is 56.8 Å². The van der Waals surface area contributed by atoms with Crippen LogP contribution in [0.1, 0.15) is 18.4 Å². The third-order valence-corrected chi connectivity index (χ3v) is 5.64. The molecule has 1 aromatic rings. The van der Waals surface area contributed by atoms with Gasteiger partial charge >= 0.3 is 5.97 Å². The van der Waals surface area contributed by atoms with Gasteiger partial charge in [0.2, 0.25) is 6.19 Å². The van der Waals surface area contributed by atoms with E-state index >= 15 is 0 Å². The monoisotopic (exact) mass is 504 g/mol. The highest BCUT2D eigenvalue weighted by molar-refractivity contribution is 8.13. The molecule has 0 saturated carbocycles. The Balaban J connectivity index is 2.42. The van der Waals surface area contributed by atoms with Crippen LogP contribution in [0.2, 0.25) is 5.02 Å². The van der Waals surface area contributed by atoms with Gasteiger partial charge in [0.25, 0.3) is 0 Å². The molecule has 0 aliphatic carbocycles. The molecule has 1 aliphatic rings. The average Bonchev–Trinajstić information content (AvgIpc) is 2.83. The summed E-state index contributed by atoms with van der Waals surface area (Å²) in [6.07, 6.45) is 4.71. The molecule has 0 saturated heterocycles. The molecule has 0 amide bonds. The van der Waals surface area contributed by atoms with Crippen molar-refractivity contribution in [2.75, 3.05) is 39.7 Å². The second-order valence-corrected chi connectivity index (χ2v) is 7.84. The van der Waals surface area contributed by atoms with Crippen LogP contribution in [0.15, 0.2) is 58.1 Å². The molecule has 0 radical (unpaired) electrons. The molecule has 0 aromatic heterocycles. The highest BCUT2D eigenvalue weighted by Crippen LogP contribution is 2.41. The number of ether oxygens (including phenoxy) is 3. The first-order chi connectivity index (χ1) is 16.5. The number of nitriles is 1. The summed E-state index contributed by atoms with van der Waals surface area (Å²) >= 11 is 7.78. The lowest BCUT2D eigenvalue weighted by molar-refractivity contribution is -0.139. The molecule has 11 heteroatoms. The Morgan fingerprint density at radius 1 is 1.41 bits per heavy atom. The maximum atomic E-state index is 13.1. The van der Waals surface area contributed by atoms with E-state index < -0.39 is 11.9 Å². The van der Waals surface area contributed by atoms with E-state index in [2.05, 4.69) is 15.6 Å². The lowest BCUT2D eigenvalue weighted by atomic mass is 9.84. The summed E-state index contributed by atoms with van der Waals surface area (Å²) in [6.45, 7) is 2.52. The average molecular weight is 505 g/mol. The number of methoxy groups -OCH3 is 1. The smallest absolute Gasteiger partial charge is 0.336 e. The minimum Gasteiger partial charge on any atom is -0.498 e. The number of allylic oxidation sites excluding steroid dienone is 2. The first-order valence-electron chi connectivity index (χ1n) is 10.2. The van der Waals surface area contributed by atoms with Crippen molar-refractivity contribution in [3.8, 4) is 6.19 Å². The highest BCUT2D eigenvalue weighted by atomic mass is 35.5. The van der Waals surface area contributed by atoms with E-state index in [-0.39, 0.29) is 25.4 Å². The number of nitrogens with zero attached hydrogens (tertiary/aromatic N) is 2. The van der Waals surface area contributed by atoms with Crippen LogP contribution in [0, 0.1) is 11.5 Å². The number of esters is 1. The number of halogens is 1. The summed E-state index contributed by atoms with van der Waals surface area (Å²) in [6, 6.07) is 7.05. The first kappa shape index (κ1) is 27.0. The molecular formula is C23H25ClN4O5S. The van der Waals surface area contributed by atoms with Crippen LogP contribution < -0.4 is 10.6 Å². The van der Waals surface area contributed by atoms with Crippen LogP contribution >= 0.6 is 23.4 Å². The van der Waals surface area contributed by atoms with Crippen molar-refractivity contribution >= 4 is 40.4 Å². The molecule has 1 aliphatic heterocycles. The molecule has 1 aromatic carbocycles. The molecule has 34 heavy (non-hydrogen) atoms. The SMILES string of the molecule is CCOC(=O)C1=C(COCCNC(=NC#N)SC)NC(C=C=O)=C(OC)C1c1ccccc1Cl. The Labute approximate surface area is 207 Å². The number of carbonyl (C=O) groups is 1. The van der Waals surface area contributed by atoms with E-state index in [0.717, 1.165) is 0 Å². The lowest BCUT2D eigenvalue weighted by Gasteiger charge is -2.31. The fourth-order valence-electron chi connectivity index (χ4n) is 3.32. The normalized spacial score (nSPS) is 15.7. The van der Waals surface area contributed by atoms with Crippen molar-refractivity contribution < 1.29 is 23.8 Å². The quantitative estimate of drug-likeness (QED) is 0.124. The fraction of sp³-hybridized carbons (Fsp3) is 0.348. The number of amidine groups is 1. The number of benzene rings is 1. The van der Waals surface area contributed by atoms with Gasteiger partial charge in [0, 0.05) is 17.6 Å². The van der Waals surface area contributed by atoms with Gasteiger partial charge < -0.3 is 24.8 Å². The van der Waals surface area contributed by atoms with Crippen molar-refractivity contribution in [2.45, 2.75) is 12.8 Å². The van der Waals surface area contributed by atoms with Crippen molar-refractivity contribution in [1.82, 2.24) is 10.6 Å². The number of hydrogen-bond donors (Lipinski definition) is 2. The number of rotatable bonds is 10. The number of thioether (sulfide) groups is 1. The minimum absolute atomic E-state index is 0.00790. The number of carbonyl (C=O) groups excluding carboxylic acids is 2. The Morgan fingerprint density at radius 3 is 2.79 bits per heavy atom. The standard InChI is InChI=1S/C23H25ClN4O5S/c1-4-33-22(30)20-18(13-32-12-10-26-23(34-3)27-14-25)28-17(9-11-29)21(31-2)19(20)15-7-5-6-8-16(15)24/h5-9,19,28H,4,10,12-13H2,1-3H3,(H,26,27).